The third-order valence-corrected chi connectivity index (χ3v) is 3.94. The number of hydrogen-bond donors (Lipinski definition) is 2. The van der Waals surface area contributed by atoms with E-state index in [1.807, 2.05) is 30.3 Å². The number of non-ortho nitro benzene ring substituents is 1. The summed E-state index contributed by atoms with van der Waals surface area (Å²) in [5, 5.41) is 28.4. The summed E-state index contributed by atoms with van der Waals surface area (Å²) in [6.07, 6.45) is 0. The highest BCUT2D eigenvalue weighted by Gasteiger charge is 2.16. The molecular formula is C17H13N7O3. The molecule has 4 rings (SSSR count). The van der Waals surface area contributed by atoms with Crippen molar-refractivity contribution < 1.29 is 4.92 Å². The molecule has 0 atom stereocenters. The SMILES string of the molecule is O=c1[nH]nc(Nc2cccc([N+](=O)[O-])c2)c2nnn(Cc3ccccc3)c12. The summed E-state index contributed by atoms with van der Waals surface area (Å²) in [7, 11) is 0. The summed E-state index contributed by atoms with van der Waals surface area (Å²) in [4.78, 5) is 22.7. The van der Waals surface area contributed by atoms with Crippen molar-refractivity contribution in [2.75, 3.05) is 5.32 Å². The van der Waals surface area contributed by atoms with Gasteiger partial charge in [0.05, 0.1) is 11.5 Å². The number of aromatic nitrogens is 5. The molecule has 0 aliphatic carbocycles. The number of nitrogens with zero attached hydrogens (tertiary/aromatic N) is 5. The fourth-order valence-electron chi connectivity index (χ4n) is 2.70. The number of nitrogens with one attached hydrogen (secondary N) is 2. The molecule has 0 saturated heterocycles. The smallest absolute Gasteiger partial charge is 0.292 e. The van der Waals surface area contributed by atoms with E-state index in [4.69, 9.17) is 0 Å². The number of rotatable bonds is 5. The first-order valence-corrected chi connectivity index (χ1v) is 7.99. The van der Waals surface area contributed by atoms with E-state index in [-0.39, 0.29) is 22.5 Å². The topological polar surface area (TPSA) is 132 Å². The Labute approximate surface area is 151 Å². The number of anilines is 2. The molecule has 0 fully saturated rings. The molecule has 2 aromatic carbocycles. The second-order valence-electron chi connectivity index (χ2n) is 5.76. The van der Waals surface area contributed by atoms with Gasteiger partial charge in [0.15, 0.2) is 16.9 Å². The summed E-state index contributed by atoms with van der Waals surface area (Å²) in [6.45, 7) is 0.376. The Bertz CT molecular complexity index is 1180. The molecule has 0 unspecified atom stereocenters. The van der Waals surface area contributed by atoms with Crippen LogP contribution in [-0.4, -0.2) is 30.1 Å². The van der Waals surface area contributed by atoms with E-state index in [9.17, 15) is 14.9 Å². The molecular weight excluding hydrogens is 350 g/mol. The van der Waals surface area contributed by atoms with Gasteiger partial charge in [-0.05, 0) is 11.6 Å². The van der Waals surface area contributed by atoms with E-state index in [0.717, 1.165) is 5.56 Å². The molecule has 10 heteroatoms. The molecule has 0 radical (unpaired) electrons. The first kappa shape index (κ1) is 16.4. The van der Waals surface area contributed by atoms with E-state index in [2.05, 4.69) is 25.8 Å². The van der Waals surface area contributed by atoms with Gasteiger partial charge in [-0.15, -0.1) is 5.10 Å². The van der Waals surface area contributed by atoms with Crippen LogP contribution in [0.1, 0.15) is 5.56 Å². The van der Waals surface area contributed by atoms with Gasteiger partial charge in [-0.2, -0.15) is 5.10 Å². The second-order valence-corrected chi connectivity index (χ2v) is 5.76. The summed E-state index contributed by atoms with van der Waals surface area (Å²) in [5.74, 6) is 0.254. The average Bonchev–Trinajstić information content (AvgIpc) is 3.10. The number of aromatic amines is 1. The predicted octanol–water partition coefficient (Wildman–Crippen LogP) is 2.21. The molecule has 27 heavy (non-hydrogen) atoms. The lowest BCUT2D eigenvalue weighted by Crippen LogP contribution is -2.15. The third-order valence-electron chi connectivity index (χ3n) is 3.94. The number of nitro groups is 1. The number of H-pyrrole nitrogens is 1. The number of nitro benzene ring substituents is 1. The van der Waals surface area contributed by atoms with Gasteiger partial charge in [-0.25, -0.2) is 9.78 Å². The number of hydrogen-bond acceptors (Lipinski definition) is 7. The quantitative estimate of drug-likeness (QED) is 0.410. The number of benzene rings is 2. The Morgan fingerprint density at radius 2 is 1.96 bits per heavy atom. The predicted molar refractivity (Wildman–Crippen MR) is 97.9 cm³/mol. The molecule has 0 bridgehead atoms. The van der Waals surface area contributed by atoms with E-state index in [1.165, 1.54) is 16.8 Å². The monoisotopic (exact) mass is 363 g/mol. The van der Waals surface area contributed by atoms with Crippen LogP contribution in [0.15, 0.2) is 59.4 Å². The first-order chi connectivity index (χ1) is 13.1. The van der Waals surface area contributed by atoms with Crippen LogP contribution in [0.4, 0.5) is 17.2 Å². The normalized spacial score (nSPS) is 10.8. The maximum Gasteiger partial charge on any atom is 0.292 e. The Morgan fingerprint density at radius 3 is 2.74 bits per heavy atom. The van der Waals surface area contributed by atoms with E-state index >= 15 is 0 Å². The van der Waals surface area contributed by atoms with Crippen LogP contribution in [0, 0.1) is 10.1 Å². The Kier molecular flexibility index (Phi) is 4.05. The van der Waals surface area contributed by atoms with Crippen molar-refractivity contribution in [3.05, 3.63) is 80.6 Å². The zero-order chi connectivity index (χ0) is 18.8. The molecule has 2 aromatic heterocycles. The van der Waals surface area contributed by atoms with E-state index < -0.39 is 10.5 Å². The highest BCUT2D eigenvalue weighted by Crippen LogP contribution is 2.23. The van der Waals surface area contributed by atoms with E-state index in [0.29, 0.717) is 12.2 Å². The molecule has 0 aliphatic rings. The molecule has 0 spiro atoms. The molecule has 134 valence electrons. The standard InChI is InChI=1S/C17H13N7O3/c25-17-15-14(19-22-23(15)10-11-5-2-1-3-6-11)16(20-21-17)18-12-7-4-8-13(9-12)24(26)27/h1-9H,10H2,(H,18,20)(H,21,25). The molecule has 4 aromatic rings. The molecule has 10 nitrogen and oxygen atoms in total. The largest absolute Gasteiger partial charge is 0.337 e. The lowest BCUT2D eigenvalue weighted by Gasteiger charge is -2.06. The lowest BCUT2D eigenvalue weighted by molar-refractivity contribution is -0.384. The van der Waals surface area contributed by atoms with Crippen molar-refractivity contribution in [3.63, 3.8) is 0 Å². The molecule has 2 N–H and O–H groups in total. The molecule has 2 heterocycles. The minimum absolute atomic E-state index is 0.0617. The summed E-state index contributed by atoms with van der Waals surface area (Å²) >= 11 is 0. The highest BCUT2D eigenvalue weighted by atomic mass is 16.6. The minimum Gasteiger partial charge on any atom is -0.337 e. The fraction of sp³-hybridized carbons (Fsp3) is 0.0588. The summed E-state index contributed by atoms with van der Waals surface area (Å²) in [5.41, 5.74) is 1.48. The fourth-order valence-corrected chi connectivity index (χ4v) is 2.70. The second kappa shape index (κ2) is 6.67. The van der Waals surface area contributed by atoms with Crippen LogP contribution in [0.25, 0.3) is 11.0 Å². The zero-order valence-electron chi connectivity index (χ0n) is 13.9. The van der Waals surface area contributed by atoms with Gasteiger partial charge in [-0.3, -0.25) is 14.9 Å². The van der Waals surface area contributed by atoms with E-state index in [1.54, 1.807) is 12.1 Å². The van der Waals surface area contributed by atoms with Gasteiger partial charge < -0.3 is 5.32 Å². The third kappa shape index (κ3) is 3.23. The highest BCUT2D eigenvalue weighted by molar-refractivity contribution is 5.86. The van der Waals surface area contributed by atoms with Crippen molar-refractivity contribution >= 4 is 28.2 Å². The van der Waals surface area contributed by atoms with Crippen LogP contribution >= 0.6 is 0 Å². The Balaban J connectivity index is 1.73. The lowest BCUT2D eigenvalue weighted by atomic mass is 10.2. The van der Waals surface area contributed by atoms with Crippen LogP contribution < -0.4 is 10.9 Å². The van der Waals surface area contributed by atoms with Gasteiger partial charge in [0, 0.05) is 17.8 Å². The van der Waals surface area contributed by atoms with Crippen molar-refractivity contribution in [1.82, 2.24) is 25.2 Å². The molecule has 0 saturated carbocycles. The first-order valence-electron chi connectivity index (χ1n) is 7.99. The maximum atomic E-state index is 12.3. The van der Waals surface area contributed by atoms with Gasteiger partial charge >= 0.3 is 0 Å². The van der Waals surface area contributed by atoms with Crippen LogP contribution in [0.5, 0.6) is 0 Å². The number of fused-ring (bicyclic) bond motifs is 1. The Morgan fingerprint density at radius 1 is 1.15 bits per heavy atom. The van der Waals surface area contributed by atoms with Crippen molar-refractivity contribution in [3.8, 4) is 0 Å². The minimum atomic E-state index is -0.489. The Hall–Kier alpha value is -4.08. The van der Waals surface area contributed by atoms with Crippen LogP contribution in [0.3, 0.4) is 0 Å². The average molecular weight is 363 g/mol. The molecule has 0 aliphatic heterocycles. The van der Waals surface area contributed by atoms with Gasteiger partial charge in [0.1, 0.15) is 0 Å². The van der Waals surface area contributed by atoms with Crippen molar-refractivity contribution in [1.29, 1.82) is 0 Å². The summed E-state index contributed by atoms with van der Waals surface area (Å²) < 4.78 is 1.49. The molecule has 0 amide bonds. The van der Waals surface area contributed by atoms with Crippen LogP contribution in [-0.2, 0) is 6.54 Å². The van der Waals surface area contributed by atoms with Crippen molar-refractivity contribution in [2.24, 2.45) is 0 Å². The zero-order valence-corrected chi connectivity index (χ0v) is 13.9. The van der Waals surface area contributed by atoms with Gasteiger partial charge in [0.2, 0.25) is 0 Å². The summed E-state index contributed by atoms with van der Waals surface area (Å²) in [6, 6.07) is 15.5. The van der Waals surface area contributed by atoms with Gasteiger partial charge in [-0.1, -0.05) is 41.6 Å². The van der Waals surface area contributed by atoms with Gasteiger partial charge in [0.25, 0.3) is 11.2 Å². The van der Waals surface area contributed by atoms with Crippen molar-refractivity contribution in [2.45, 2.75) is 6.54 Å². The maximum absolute atomic E-state index is 12.3. The van der Waals surface area contributed by atoms with Crippen LogP contribution in [0.2, 0.25) is 0 Å².